The molecule has 0 bridgehead atoms. The molecular formula is C21H27N3O4S. The van der Waals surface area contributed by atoms with Crippen molar-refractivity contribution in [2.24, 2.45) is 5.92 Å². The van der Waals surface area contributed by atoms with Crippen molar-refractivity contribution in [3.8, 4) is 0 Å². The van der Waals surface area contributed by atoms with Crippen LogP contribution in [0.2, 0.25) is 0 Å². The van der Waals surface area contributed by atoms with E-state index in [1.165, 1.54) is 12.1 Å². The van der Waals surface area contributed by atoms with E-state index in [0.29, 0.717) is 23.4 Å². The van der Waals surface area contributed by atoms with E-state index < -0.39 is 10.0 Å². The van der Waals surface area contributed by atoms with Gasteiger partial charge in [0.05, 0.1) is 4.90 Å². The Balaban J connectivity index is 2.03. The molecule has 2 aromatic carbocycles. The van der Waals surface area contributed by atoms with Gasteiger partial charge in [0.1, 0.15) is 0 Å². The van der Waals surface area contributed by atoms with Crippen LogP contribution < -0.4 is 15.4 Å². The molecule has 7 nitrogen and oxygen atoms in total. The van der Waals surface area contributed by atoms with Gasteiger partial charge in [-0.2, -0.15) is 0 Å². The van der Waals surface area contributed by atoms with Crippen molar-refractivity contribution in [1.29, 1.82) is 0 Å². The zero-order valence-corrected chi connectivity index (χ0v) is 17.8. The summed E-state index contributed by atoms with van der Waals surface area (Å²) in [5.74, 6) is -0.565. The van der Waals surface area contributed by atoms with Crippen LogP contribution in [0.1, 0.15) is 44.5 Å². The normalized spacial score (nSPS) is 12.4. The highest BCUT2D eigenvalue weighted by molar-refractivity contribution is 7.89. The highest BCUT2D eigenvalue weighted by atomic mass is 32.2. The minimum atomic E-state index is -3.59. The van der Waals surface area contributed by atoms with Crippen LogP contribution >= 0.6 is 0 Å². The number of sulfonamides is 1. The third kappa shape index (κ3) is 6.40. The summed E-state index contributed by atoms with van der Waals surface area (Å²) in [5.41, 5.74) is 1.51. The number of carbonyl (C=O) groups excluding carboxylic acids is 2. The number of hydrogen-bond donors (Lipinski definition) is 3. The minimum absolute atomic E-state index is 0.0972. The van der Waals surface area contributed by atoms with Gasteiger partial charge in [0.15, 0.2) is 0 Å². The Hall–Kier alpha value is -2.71. The number of amides is 2. The number of hydrogen-bond acceptors (Lipinski definition) is 4. The van der Waals surface area contributed by atoms with Gasteiger partial charge in [-0.1, -0.05) is 20.8 Å². The van der Waals surface area contributed by atoms with Gasteiger partial charge in [0.2, 0.25) is 15.9 Å². The fraction of sp³-hybridized carbons (Fsp3) is 0.333. The van der Waals surface area contributed by atoms with Crippen molar-refractivity contribution >= 4 is 33.2 Å². The SMILES string of the molecule is CC[C@@H](C)NS(=O)(=O)c1ccc(NC(=O)c2ccc(NC(=O)C(C)C)cc2)cc1. The first-order chi connectivity index (χ1) is 13.6. The minimum Gasteiger partial charge on any atom is -0.326 e. The zero-order valence-electron chi connectivity index (χ0n) is 17.0. The van der Waals surface area contributed by atoms with Crippen molar-refractivity contribution in [3.63, 3.8) is 0 Å². The Bertz CT molecular complexity index is 952. The van der Waals surface area contributed by atoms with E-state index in [2.05, 4.69) is 15.4 Å². The van der Waals surface area contributed by atoms with Crippen molar-refractivity contribution in [2.75, 3.05) is 10.6 Å². The summed E-state index contributed by atoms with van der Waals surface area (Å²) in [5, 5.41) is 5.49. The molecule has 0 unspecified atom stereocenters. The first kappa shape index (κ1) is 22.6. The smallest absolute Gasteiger partial charge is 0.255 e. The van der Waals surface area contributed by atoms with E-state index in [-0.39, 0.29) is 28.7 Å². The van der Waals surface area contributed by atoms with Gasteiger partial charge in [-0.15, -0.1) is 0 Å². The maximum absolute atomic E-state index is 12.4. The monoisotopic (exact) mass is 417 g/mol. The molecule has 29 heavy (non-hydrogen) atoms. The van der Waals surface area contributed by atoms with Gasteiger partial charge < -0.3 is 10.6 Å². The second kappa shape index (κ2) is 9.67. The van der Waals surface area contributed by atoms with E-state index in [1.807, 2.05) is 6.92 Å². The lowest BCUT2D eigenvalue weighted by Crippen LogP contribution is -2.31. The van der Waals surface area contributed by atoms with Crippen LogP contribution in [0.5, 0.6) is 0 Å². The zero-order chi connectivity index (χ0) is 21.6. The van der Waals surface area contributed by atoms with E-state index >= 15 is 0 Å². The summed E-state index contributed by atoms with van der Waals surface area (Å²) in [6.07, 6.45) is 0.688. The van der Waals surface area contributed by atoms with Crippen molar-refractivity contribution < 1.29 is 18.0 Å². The van der Waals surface area contributed by atoms with Gasteiger partial charge in [-0.05, 0) is 61.9 Å². The lowest BCUT2D eigenvalue weighted by Gasteiger charge is -2.12. The first-order valence-electron chi connectivity index (χ1n) is 9.47. The van der Waals surface area contributed by atoms with Crippen molar-refractivity contribution in [2.45, 2.75) is 45.1 Å². The van der Waals surface area contributed by atoms with E-state index in [9.17, 15) is 18.0 Å². The van der Waals surface area contributed by atoms with Gasteiger partial charge in [0.25, 0.3) is 5.91 Å². The molecule has 2 rings (SSSR count). The highest BCUT2D eigenvalue weighted by Gasteiger charge is 2.16. The Kier molecular flexibility index (Phi) is 7.53. The molecule has 0 saturated carbocycles. The second-order valence-corrected chi connectivity index (χ2v) is 8.84. The lowest BCUT2D eigenvalue weighted by molar-refractivity contribution is -0.118. The van der Waals surface area contributed by atoms with Crippen LogP contribution in [0.25, 0.3) is 0 Å². The Labute approximate surface area is 172 Å². The molecule has 0 spiro atoms. The first-order valence-corrected chi connectivity index (χ1v) is 11.0. The maximum atomic E-state index is 12.4. The molecule has 3 N–H and O–H groups in total. The molecule has 0 aliphatic heterocycles. The van der Waals surface area contributed by atoms with Crippen molar-refractivity contribution in [3.05, 3.63) is 54.1 Å². The topological polar surface area (TPSA) is 104 Å². The summed E-state index contributed by atoms with van der Waals surface area (Å²) in [4.78, 5) is 24.2. The fourth-order valence-corrected chi connectivity index (χ4v) is 3.66. The molecule has 0 radical (unpaired) electrons. The quantitative estimate of drug-likeness (QED) is 0.610. The highest BCUT2D eigenvalue weighted by Crippen LogP contribution is 2.17. The van der Waals surface area contributed by atoms with Crippen LogP contribution in [0, 0.1) is 5.92 Å². The standard InChI is InChI=1S/C21H27N3O4S/c1-5-15(4)24-29(27,28)19-12-10-18(11-13-19)23-21(26)16-6-8-17(9-7-16)22-20(25)14(2)3/h6-15,24H,5H2,1-4H3,(H,22,25)(H,23,26)/t15-/m1/s1. The number of nitrogens with one attached hydrogen (secondary N) is 3. The third-order valence-electron chi connectivity index (χ3n) is 4.33. The van der Waals surface area contributed by atoms with Gasteiger partial charge in [0, 0.05) is 28.9 Å². The molecule has 0 aromatic heterocycles. The average Bonchev–Trinajstić information content (AvgIpc) is 2.68. The van der Waals surface area contributed by atoms with E-state index in [0.717, 1.165) is 0 Å². The summed E-state index contributed by atoms with van der Waals surface area (Å²) in [6, 6.07) is 12.4. The Morgan fingerprint density at radius 2 is 1.38 bits per heavy atom. The van der Waals surface area contributed by atoms with Crippen LogP contribution in [-0.2, 0) is 14.8 Å². The third-order valence-corrected chi connectivity index (χ3v) is 5.94. The summed E-state index contributed by atoms with van der Waals surface area (Å²) in [7, 11) is -3.59. The van der Waals surface area contributed by atoms with Crippen LogP contribution in [0.4, 0.5) is 11.4 Å². The molecule has 0 fully saturated rings. The Morgan fingerprint density at radius 1 is 0.862 bits per heavy atom. The van der Waals surface area contributed by atoms with Crippen LogP contribution in [0.15, 0.2) is 53.4 Å². The second-order valence-electron chi connectivity index (χ2n) is 7.13. The fourth-order valence-electron chi connectivity index (χ4n) is 2.33. The number of rotatable bonds is 8. The predicted molar refractivity (Wildman–Crippen MR) is 114 cm³/mol. The maximum Gasteiger partial charge on any atom is 0.255 e. The summed E-state index contributed by atoms with van der Waals surface area (Å²) >= 11 is 0. The summed E-state index contributed by atoms with van der Waals surface area (Å²) < 4.78 is 27.1. The van der Waals surface area contributed by atoms with Crippen LogP contribution in [0.3, 0.4) is 0 Å². The average molecular weight is 418 g/mol. The lowest BCUT2D eigenvalue weighted by atomic mass is 10.1. The van der Waals surface area contributed by atoms with E-state index in [4.69, 9.17) is 0 Å². The molecule has 8 heteroatoms. The molecule has 0 aliphatic rings. The molecule has 156 valence electrons. The molecule has 0 aliphatic carbocycles. The van der Waals surface area contributed by atoms with Crippen molar-refractivity contribution in [1.82, 2.24) is 4.72 Å². The number of benzene rings is 2. The van der Waals surface area contributed by atoms with Gasteiger partial charge >= 0.3 is 0 Å². The van der Waals surface area contributed by atoms with Crippen LogP contribution in [-0.4, -0.2) is 26.3 Å². The molecule has 0 heterocycles. The Morgan fingerprint density at radius 3 is 1.90 bits per heavy atom. The largest absolute Gasteiger partial charge is 0.326 e. The molecule has 2 aromatic rings. The molecule has 2 amide bonds. The number of anilines is 2. The molecular weight excluding hydrogens is 390 g/mol. The van der Waals surface area contributed by atoms with E-state index in [1.54, 1.807) is 57.2 Å². The predicted octanol–water partition coefficient (Wildman–Crippen LogP) is 3.61. The van der Waals surface area contributed by atoms with Gasteiger partial charge in [-0.3, -0.25) is 9.59 Å². The van der Waals surface area contributed by atoms with Gasteiger partial charge in [-0.25, -0.2) is 13.1 Å². The molecule has 0 saturated heterocycles. The summed E-state index contributed by atoms with van der Waals surface area (Å²) in [6.45, 7) is 7.30. The number of carbonyl (C=O) groups is 2. The molecule has 1 atom stereocenters.